The quantitative estimate of drug-likeness (QED) is 0.301. The zero-order valence-corrected chi connectivity index (χ0v) is 26.2. The summed E-state index contributed by atoms with van der Waals surface area (Å²) in [5.41, 5.74) is 8.63. The molecule has 0 saturated heterocycles. The van der Waals surface area contributed by atoms with Gasteiger partial charge in [0.1, 0.15) is 9.21 Å². The molecule has 0 amide bonds. The molecule has 0 N–H and O–H groups in total. The van der Waals surface area contributed by atoms with E-state index in [9.17, 15) is 0 Å². The van der Waals surface area contributed by atoms with Crippen LogP contribution in [0.3, 0.4) is 0 Å². The van der Waals surface area contributed by atoms with E-state index in [1.54, 1.807) is 26.6 Å². The van der Waals surface area contributed by atoms with Crippen molar-refractivity contribution < 1.29 is 18.9 Å². The van der Waals surface area contributed by atoms with Crippen molar-refractivity contribution in [2.45, 2.75) is 39.5 Å². The van der Waals surface area contributed by atoms with Gasteiger partial charge < -0.3 is 18.9 Å². The first-order valence-corrected chi connectivity index (χ1v) is 14.7. The third-order valence-electron chi connectivity index (χ3n) is 6.91. The van der Waals surface area contributed by atoms with Gasteiger partial charge in [-0.2, -0.15) is 10.2 Å². The lowest BCUT2D eigenvalue weighted by molar-refractivity contribution is 0.145. The Hall–Kier alpha value is -2.80. The van der Waals surface area contributed by atoms with Crippen LogP contribution in [0.2, 0.25) is 0 Å². The second-order valence-corrected chi connectivity index (χ2v) is 11.0. The van der Waals surface area contributed by atoms with Crippen molar-refractivity contribution in [3.05, 3.63) is 67.4 Å². The third kappa shape index (κ3) is 5.95. The van der Waals surface area contributed by atoms with E-state index in [2.05, 4.69) is 52.0 Å². The highest BCUT2D eigenvalue weighted by atomic mass is 79.9. The van der Waals surface area contributed by atoms with Gasteiger partial charge in [-0.25, -0.2) is 19.3 Å². The van der Waals surface area contributed by atoms with Gasteiger partial charge in [-0.1, -0.05) is 0 Å². The van der Waals surface area contributed by atoms with Crippen LogP contribution in [0.25, 0.3) is 11.4 Å². The van der Waals surface area contributed by atoms with Crippen molar-refractivity contribution >= 4 is 31.9 Å². The molecular weight excluding hydrogens is 644 g/mol. The highest BCUT2D eigenvalue weighted by Gasteiger charge is 2.21. The van der Waals surface area contributed by atoms with E-state index < -0.39 is 0 Å². The number of nitrogens with zero attached hydrogens (tertiary/aromatic N) is 6. The van der Waals surface area contributed by atoms with E-state index in [-0.39, 0.29) is 0 Å². The van der Waals surface area contributed by atoms with Crippen LogP contribution in [0.4, 0.5) is 0 Å². The lowest BCUT2D eigenvalue weighted by atomic mass is 10.1. The maximum atomic E-state index is 5.54. The van der Waals surface area contributed by atoms with E-state index in [0.717, 1.165) is 89.5 Å². The van der Waals surface area contributed by atoms with Gasteiger partial charge in [0.05, 0.1) is 75.8 Å². The standard InChI is InChI=1S/2C14H16BrN3O2/c1-9-7-10(8-16-14(9)19-2)18-12-4-6-20-5-3-11(12)13(15)17-18;1-9-7-10(8-16-14(9)19-2)18-13(15)11-3-5-20-6-4-12(11)17-18/h2*7-8H,3-6H2,1-2H3. The van der Waals surface area contributed by atoms with Crippen LogP contribution in [-0.4, -0.2) is 70.2 Å². The second-order valence-electron chi connectivity index (χ2n) is 9.52. The van der Waals surface area contributed by atoms with Gasteiger partial charge in [-0.15, -0.1) is 0 Å². The smallest absolute Gasteiger partial charge is 0.216 e. The summed E-state index contributed by atoms with van der Waals surface area (Å²) in [6.07, 6.45) is 7.05. The second kappa shape index (κ2) is 12.8. The van der Waals surface area contributed by atoms with Gasteiger partial charge in [-0.05, 0) is 57.8 Å². The van der Waals surface area contributed by atoms with Gasteiger partial charge in [0.25, 0.3) is 0 Å². The molecule has 0 unspecified atom stereocenters. The average Bonchev–Trinajstić information content (AvgIpc) is 3.20. The maximum Gasteiger partial charge on any atom is 0.216 e. The topological polar surface area (TPSA) is 98.3 Å². The third-order valence-corrected chi connectivity index (χ3v) is 8.36. The molecule has 2 aliphatic heterocycles. The number of ether oxygens (including phenoxy) is 4. The number of aryl methyl sites for hydroxylation is 2. The van der Waals surface area contributed by atoms with Gasteiger partial charge in [0.2, 0.25) is 11.8 Å². The molecule has 10 nitrogen and oxygen atoms in total. The molecule has 12 heteroatoms. The molecule has 4 aromatic rings. The average molecular weight is 676 g/mol. The number of halogens is 2. The summed E-state index contributed by atoms with van der Waals surface area (Å²) in [6.45, 7) is 6.92. The highest BCUT2D eigenvalue weighted by Crippen LogP contribution is 2.29. The van der Waals surface area contributed by atoms with Gasteiger partial charge in [0, 0.05) is 47.9 Å². The van der Waals surface area contributed by atoms with Crippen LogP contribution in [0.1, 0.15) is 33.6 Å². The molecule has 0 atom stereocenters. The molecule has 0 radical (unpaired) electrons. The fraction of sp³-hybridized carbons (Fsp3) is 0.429. The zero-order chi connectivity index (χ0) is 28.2. The number of methoxy groups -OCH3 is 2. The fourth-order valence-corrected chi connectivity index (χ4v) is 6.21. The Morgan fingerprint density at radius 2 is 1.27 bits per heavy atom. The van der Waals surface area contributed by atoms with Crippen molar-refractivity contribution in [2.24, 2.45) is 0 Å². The number of rotatable bonds is 4. The number of aromatic nitrogens is 6. The van der Waals surface area contributed by atoms with Crippen LogP contribution >= 0.6 is 31.9 Å². The van der Waals surface area contributed by atoms with E-state index >= 15 is 0 Å². The van der Waals surface area contributed by atoms with Crippen molar-refractivity contribution in [1.82, 2.24) is 29.5 Å². The largest absolute Gasteiger partial charge is 0.481 e. The maximum absolute atomic E-state index is 5.54. The van der Waals surface area contributed by atoms with Gasteiger partial charge in [-0.3, -0.25) is 0 Å². The highest BCUT2D eigenvalue weighted by molar-refractivity contribution is 9.10. The Kier molecular flexibility index (Phi) is 9.19. The van der Waals surface area contributed by atoms with Crippen LogP contribution in [0.15, 0.2) is 33.7 Å². The molecule has 6 rings (SSSR count). The van der Waals surface area contributed by atoms with Crippen LogP contribution in [0, 0.1) is 13.8 Å². The molecule has 212 valence electrons. The van der Waals surface area contributed by atoms with Crippen molar-refractivity contribution in [3.8, 4) is 23.1 Å². The number of fused-ring (bicyclic) bond motifs is 2. The molecule has 2 aliphatic rings. The lowest BCUT2D eigenvalue weighted by Crippen LogP contribution is -2.06. The summed E-state index contributed by atoms with van der Waals surface area (Å²) in [5.74, 6) is 1.29. The fourth-order valence-electron chi connectivity index (χ4n) is 4.91. The van der Waals surface area contributed by atoms with Gasteiger partial charge in [0.15, 0.2) is 0 Å². The monoisotopic (exact) mass is 674 g/mol. The Bertz CT molecular complexity index is 1500. The molecule has 0 aromatic carbocycles. The van der Waals surface area contributed by atoms with E-state index in [4.69, 9.17) is 18.9 Å². The molecule has 0 spiro atoms. The predicted octanol–water partition coefficient (Wildman–Crippen LogP) is 4.92. The lowest BCUT2D eigenvalue weighted by Gasteiger charge is -2.09. The molecule has 4 aromatic heterocycles. The van der Waals surface area contributed by atoms with Gasteiger partial charge >= 0.3 is 0 Å². The first-order valence-electron chi connectivity index (χ1n) is 13.1. The minimum Gasteiger partial charge on any atom is -0.481 e. The number of hydrogen-bond donors (Lipinski definition) is 0. The molecule has 0 fully saturated rings. The van der Waals surface area contributed by atoms with Crippen LogP contribution in [-0.2, 0) is 35.2 Å². The molecule has 6 heterocycles. The molecule has 0 saturated carbocycles. The summed E-state index contributed by atoms with van der Waals surface area (Å²) in [7, 11) is 3.25. The van der Waals surface area contributed by atoms with Crippen molar-refractivity contribution in [3.63, 3.8) is 0 Å². The molecule has 40 heavy (non-hydrogen) atoms. The van der Waals surface area contributed by atoms with E-state index in [1.165, 1.54) is 16.8 Å². The van der Waals surface area contributed by atoms with Crippen molar-refractivity contribution in [2.75, 3.05) is 40.6 Å². The summed E-state index contributed by atoms with van der Waals surface area (Å²) in [6, 6.07) is 4.07. The van der Waals surface area contributed by atoms with E-state index in [1.807, 2.05) is 35.3 Å². The summed E-state index contributed by atoms with van der Waals surface area (Å²) < 4.78 is 27.2. The zero-order valence-electron chi connectivity index (χ0n) is 23.0. The molecular formula is C28H32Br2N6O4. The Labute approximate surface area is 250 Å². The molecule has 0 bridgehead atoms. The summed E-state index contributed by atoms with van der Waals surface area (Å²) in [4.78, 5) is 8.64. The Morgan fingerprint density at radius 3 is 1.88 bits per heavy atom. The summed E-state index contributed by atoms with van der Waals surface area (Å²) >= 11 is 7.20. The minimum absolute atomic E-state index is 0.645. The van der Waals surface area contributed by atoms with E-state index in [0.29, 0.717) is 11.8 Å². The predicted molar refractivity (Wildman–Crippen MR) is 157 cm³/mol. The number of hydrogen-bond acceptors (Lipinski definition) is 8. The first kappa shape index (κ1) is 28.7. The summed E-state index contributed by atoms with van der Waals surface area (Å²) in [5, 5.41) is 9.28. The Balaban J connectivity index is 0.000000161. The number of pyridine rings is 2. The Morgan fingerprint density at radius 1 is 0.725 bits per heavy atom. The molecule has 0 aliphatic carbocycles. The SMILES string of the molecule is COc1ncc(-n2nc(Br)c3c2CCOCC3)cc1C.COc1ncc(-n2nc3c(c2Br)CCOCC3)cc1C. The normalized spacial score (nSPS) is 14.8. The van der Waals surface area contributed by atoms with Crippen LogP contribution in [0.5, 0.6) is 11.8 Å². The first-order chi connectivity index (χ1) is 19.4. The van der Waals surface area contributed by atoms with Crippen molar-refractivity contribution in [1.29, 1.82) is 0 Å². The van der Waals surface area contributed by atoms with Crippen LogP contribution < -0.4 is 9.47 Å². The minimum atomic E-state index is 0.645.